The fourth-order valence-corrected chi connectivity index (χ4v) is 2.50. The number of nitrogens with zero attached hydrogens (tertiary/aromatic N) is 2. The number of anilines is 1. The number of benzene rings is 2. The molecule has 23 heavy (non-hydrogen) atoms. The summed E-state index contributed by atoms with van der Waals surface area (Å²) >= 11 is 0. The predicted octanol–water partition coefficient (Wildman–Crippen LogP) is 4.18. The van der Waals surface area contributed by atoms with Gasteiger partial charge in [0.1, 0.15) is 5.69 Å². The number of carbonyl (C=O) groups excluding carboxylic acids is 1. The Bertz CT molecular complexity index is 866. The summed E-state index contributed by atoms with van der Waals surface area (Å²) in [6.07, 6.45) is 1.51. The van der Waals surface area contributed by atoms with Gasteiger partial charge in [-0.15, -0.1) is 0 Å². The summed E-state index contributed by atoms with van der Waals surface area (Å²) in [7, 11) is 0. The number of rotatable bonds is 2. The molecule has 0 saturated carbocycles. The van der Waals surface area contributed by atoms with E-state index in [4.69, 9.17) is 0 Å². The van der Waals surface area contributed by atoms with Crippen molar-refractivity contribution in [2.45, 2.75) is 26.2 Å². The van der Waals surface area contributed by atoms with Crippen molar-refractivity contribution in [1.29, 1.82) is 0 Å². The fourth-order valence-electron chi connectivity index (χ4n) is 2.50. The average molecular weight is 305 g/mol. The van der Waals surface area contributed by atoms with Crippen molar-refractivity contribution in [3.05, 3.63) is 66.0 Å². The molecule has 4 heteroatoms. The SMILES string of the molecule is CC(C)(C)c1ccccc1NC(=O)c1cnc2ccccc2n1. The van der Waals surface area contributed by atoms with Gasteiger partial charge < -0.3 is 5.32 Å². The molecule has 4 nitrogen and oxygen atoms in total. The maximum atomic E-state index is 12.5. The van der Waals surface area contributed by atoms with Gasteiger partial charge in [0.2, 0.25) is 0 Å². The van der Waals surface area contributed by atoms with E-state index < -0.39 is 0 Å². The average Bonchev–Trinajstić information content (AvgIpc) is 2.54. The van der Waals surface area contributed by atoms with E-state index in [0.717, 1.165) is 16.8 Å². The van der Waals surface area contributed by atoms with Crippen molar-refractivity contribution in [3.63, 3.8) is 0 Å². The lowest BCUT2D eigenvalue weighted by atomic mass is 9.86. The van der Waals surface area contributed by atoms with E-state index >= 15 is 0 Å². The summed E-state index contributed by atoms with van der Waals surface area (Å²) < 4.78 is 0. The number of carbonyl (C=O) groups is 1. The second-order valence-electron chi connectivity index (χ2n) is 6.49. The van der Waals surface area contributed by atoms with Crippen LogP contribution in [0.5, 0.6) is 0 Å². The van der Waals surface area contributed by atoms with Gasteiger partial charge in [0.15, 0.2) is 0 Å². The minimum atomic E-state index is -0.250. The highest BCUT2D eigenvalue weighted by Crippen LogP contribution is 2.29. The quantitative estimate of drug-likeness (QED) is 0.772. The van der Waals surface area contributed by atoms with Gasteiger partial charge >= 0.3 is 0 Å². The van der Waals surface area contributed by atoms with Gasteiger partial charge in [0.05, 0.1) is 17.2 Å². The molecule has 0 fully saturated rings. The van der Waals surface area contributed by atoms with Crippen molar-refractivity contribution in [3.8, 4) is 0 Å². The highest BCUT2D eigenvalue weighted by Gasteiger charge is 2.19. The van der Waals surface area contributed by atoms with Gasteiger partial charge in [0, 0.05) is 5.69 Å². The molecule has 0 aliphatic rings. The topological polar surface area (TPSA) is 54.9 Å². The van der Waals surface area contributed by atoms with Crippen LogP contribution in [0.25, 0.3) is 11.0 Å². The van der Waals surface area contributed by atoms with Crippen LogP contribution in [0.1, 0.15) is 36.8 Å². The van der Waals surface area contributed by atoms with Crippen LogP contribution in [0.2, 0.25) is 0 Å². The number of nitrogens with one attached hydrogen (secondary N) is 1. The van der Waals surface area contributed by atoms with Crippen LogP contribution < -0.4 is 5.32 Å². The maximum absolute atomic E-state index is 12.5. The largest absolute Gasteiger partial charge is 0.320 e. The molecule has 0 saturated heterocycles. The Morgan fingerprint density at radius 2 is 1.61 bits per heavy atom. The van der Waals surface area contributed by atoms with Crippen LogP contribution in [0, 0.1) is 0 Å². The van der Waals surface area contributed by atoms with E-state index in [1.165, 1.54) is 6.20 Å². The smallest absolute Gasteiger partial charge is 0.275 e. The van der Waals surface area contributed by atoms with E-state index in [-0.39, 0.29) is 11.3 Å². The summed E-state index contributed by atoms with van der Waals surface area (Å²) in [4.78, 5) is 21.2. The molecule has 0 unspecified atom stereocenters. The van der Waals surface area contributed by atoms with Gasteiger partial charge in [-0.05, 0) is 29.2 Å². The molecule has 3 aromatic rings. The van der Waals surface area contributed by atoms with Crippen molar-refractivity contribution in [2.75, 3.05) is 5.32 Å². The van der Waals surface area contributed by atoms with Gasteiger partial charge in [-0.2, -0.15) is 0 Å². The molecule has 3 rings (SSSR count). The molecular formula is C19H19N3O. The number of fused-ring (bicyclic) bond motifs is 1. The Morgan fingerprint density at radius 1 is 0.957 bits per heavy atom. The van der Waals surface area contributed by atoms with E-state index in [2.05, 4.69) is 36.1 Å². The third kappa shape index (κ3) is 3.21. The zero-order chi connectivity index (χ0) is 16.4. The van der Waals surface area contributed by atoms with Gasteiger partial charge in [0.25, 0.3) is 5.91 Å². The molecule has 0 radical (unpaired) electrons. The highest BCUT2D eigenvalue weighted by molar-refractivity contribution is 6.04. The normalized spacial score (nSPS) is 11.4. The summed E-state index contributed by atoms with van der Waals surface area (Å²) in [5.41, 5.74) is 3.64. The molecule has 1 amide bonds. The Hall–Kier alpha value is -2.75. The minimum absolute atomic E-state index is 0.0566. The molecule has 1 heterocycles. The minimum Gasteiger partial charge on any atom is -0.320 e. The molecule has 0 aliphatic carbocycles. The molecular weight excluding hydrogens is 286 g/mol. The van der Waals surface area contributed by atoms with Gasteiger partial charge in [-0.1, -0.05) is 51.1 Å². The first-order chi connectivity index (χ1) is 10.9. The first-order valence-corrected chi connectivity index (χ1v) is 7.58. The Labute approximate surface area is 135 Å². The fraction of sp³-hybridized carbons (Fsp3) is 0.211. The van der Waals surface area contributed by atoms with Crippen molar-refractivity contribution < 1.29 is 4.79 Å². The van der Waals surface area contributed by atoms with Crippen molar-refractivity contribution in [1.82, 2.24) is 9.97 Å². The number of para-hydroxylation sites is 3. The number of aromatic nitrogens is 2. The maximum Gasteiger partial charge on any atom is 0.275 e. The van der Waals surface area contributed by atoms with Gasteiger partial charge in [-0.3, -0.25) is 9.78 Å². The third-order valence-electron chi connectivity index (χ3n) is 3.66. The van der Waals surface area contributed by atoms with Crippen LogP contribution in [-0.2, 0) is 5.41 Å². The zero-order valence-corrected chi connectivity index (χ0v) is 13.5. The third-order valence-corrected chi connectivity index (χ3v) is 3.66. The van der Waals surface area contributed by atoms with E-state index in [0.29, 0.717) is 11.2 Å². The van der Waals surface area contributed by atoms with Crippen LogP contribution in [0.4, 0.5) is 5.69 Å². The van der Waals surface area contributed by atoms with Crippen LogP contribution >= 0.6 is 0 Å². The standard InChI is InChI=1S/C19H19N3O/c1-19(2,3)13-8-4-5-9-14(13)22-18(23)17-12-20-15-10-6-7-11-16(15)21-17/h4-12H,1-3H3,(H,22,23). The molecule has 0 aliphatic heterocycles. The molecule has 2 aromatic carbocycles. The number of amides is 1. The van der Waals surface area contributed by atoms with Gasteiger partial charge in [-0.25, -0.2) is 4.98 Å². The lowest BCUT2D eigenvalue weighted by Crippen LogP contribution is -2.19. The van der Waals surface area contributed by atoms with E-state index in [1.807, 2.05) is 48.5 Å². The second kappa shape index (κ2) is 5.80. The Morgan fingerprint density at radius 3 is 2.35 bits per heavy atom. The van der Waals surface area contributed by atoms with E-state index in [9.17, 15) is 4.79 Å². The van der Waals surface area contributed by atoms with E-state index in [1.54, 1.807) is 0 Å². The first-order valence-electron chi connectivity index (χ1n) is 7.58. The number of hydrogen-bond donors (Lipinski definition) is 1. The second-order valence-corrected chi connectivity index (χ2v) is 6.49. The Balaban J connectivity index is 1.92. The molecule has 0 bridgehead atoms. The van der Waals surface area contributed by atoms with Crippen molar-refractivity contribution >= 4 is 22.6 Å². The lowest BCUT2D eigenvalue weighted by molar-refractivity contribution is 0.102. The number of hydrogen-bond acceptors (Lipinski definition) is 3. The zero-order valence-electron chi connectivity index (χ0n) is 13.5. The molecule has 0 spiro atoms. The molecule has 116 valence electrons. The van der Waals surface area contributed by atoms with Crippen LogP contribution in [0.15, 0.2) is 54.7 Å². The summed E-state index contributed by atoms with van der Waals surface area (Å²) in [6.45, 7) is 6.36. The molecule has 0 atom stereocenters. The monoisotopic (exact) mass is 305 g/mol. The lowest BCUT2D eigenvalue weighted by Gasteiger charge is -2.22. The summed E-state index contributed by atoms with van der Waals surface area (Å²) in [5, 5.41) is 2.96. The highest BCUT2D eigenvalue weighted by atomic mass is 16.1. The molecule has 1 aromatic heterocycles. The summed E-state index contributed by atoms with van der Waals surface area (Å²) in [5.74, 6) is -0.250. The Kier molecular flexibility index (Phi) is 3.82. The predicted molar refractivity (Wildman–Crippen MR) is 92.6 cm³/mol. The molecule has 1 N–H and O–H groups in total. The van der Waals surface area contributed by atoms with Crippen LogP contribution in [-0.4, -0.2) is 15.9 Å². The summed E-state index contributed by atoms with van der Waals surface area (Å²) in [6, 6.07) is 15.3. The first kappa shape index (κ1) is 15.2. The van der Waals surface area contributed by atoms with Crippen molar-refractivity contribution in [2.24, 2.45) is 0 Å². The van der Waals surface area contributed by atoms with Crippen LogP contribution in [0.3, 0.4) is 0 Å².